The van der Waals surface area contributed by atoms with Crippen LogP contribution in [0.3, 0.4) is 0 Å². The van der Waals surface area contributed by atoms with E-state index in [-0.39, 0.29) is 48.0 Å². The molecule has 0 saturated heterocycles. The maximum atomic E-state index is 13.5. The van der Waals surface area contributed by atoms with Crippen molar-refractivity contribution in [2.45, 2.75) is 37.3 Å². The van der Waals surface area contributed by atoms with Crippen molar-refractivity contribution in [2.75, 3.05) is 36.8 Å². The summed E-state index contributed by atoms with van der Waals surface area (Å²) < 4.78 is 35.0. The fraction of sp³-hybridized carbons (Fsp3) is 0.333. The van der Waals surface area contributed by atoms with Crippen LogP contribution in [0.2, 0.25) is 5.02 Å². The Kier molecular flexibility index (Phi) is 9.97. The van der Waals surface area contributed by atoms with Crippen molar-refractivity contribution in [2.24, 2.45) is 5.92 Å². The maximum absolute atomic E-state index is 13.5. The van der Waals surface area contributed by atoms with Crippen LogP contribution in [-0.2, 0) is 21.2 Å². The highest BCUT2D eigenvalue weighted by atomic mass is 35.5. The SMILES string of the molecule is C[C@H]1CN([C@@H](C)CO)C(=O)Cc2cc(NS(=O)(=O)c3ccc(Cl)cc3)ccc2O[C@H]1CN(C)C(=O)Nc1ccccc1. The first-order chi connectivity index (χ1) is 20.0. The third-order valence-electron chi connectivity index (χ3n) is 7.12. The molecular weight excluding hydrogens is 580 g/mol. The lowest BCUT2D eigenvalue weighted by molar-refractivity contribution is -0.134. The number of aliphatic hydroxyl groups excluding tert-OH is 1. The average molecular weight is 615 g/mol. The molecule has 4 rings (SSSR count). The van der Waals surface area contributed by atoms with Crippen LogP contribution in [0.15, 0.2) is 77.7 Å². The zero-order valence-electron chi connectivity index (χ0n) is 23.7. The van der Waals surface area contributed by atoms with Gasteiger partial charge < -0.3 is 25.0 Å². The van der Waals surface area contributed by atoms with E-state index in [1.165, 1.54) is 29.2 Å². The van der Waals surface area contributed by atoms with Crippen LogP contribution in [0.5, 0.6) is 5.75 Å². The van der Waals surface area contributed by atoms with Gasteiger partial charge in [0.2, 0.25) is 5.91 Å². The van der Waals surface area contributed by atoms with Gasteiger partial charge in [-0.2, -0.15) is 0 Å². The molecule has 3 N–H and O–H groups in total. The minimum absolute atomic E-state index is 0.0384. The number of carbonyl (C=O) groups is 2. The number of halogens is 1. The minimum Gasteiger partial charge on any atom is -0.488 e. The summed E-state index contributed by atoms with van der Waals surface area (Å²) in [7, 11) is -2.26. The van der Waals surface area contributed by atoms with Crippen LogP contribution in [0, 0.1) is 5.92 Å². The molecule has 1 aliphatic heterocycles. The molecule has 3 atom stereocenters. The van der Waals surface area contributed by atoms with Crippen LogP contribution in [0.25, 0.3) is 0 Å². The number of anilines is 2. The van der Waals surface area contributed by atoms with Gasteiger partial charge in [-0.25, -0.2) is 13.2 Å². The largest absolute Gasteiger partial charge is 0.488 e. The summed E-state index contributed by atoms with van der Waals surface area (Å²) in [6, 6.07) is 18.9. The van der Waals surface area contributed by atoms with Gasteiger partial charge in [0.15, 0.2) is 0 Å². The van der Waals surface area contributed by atoms with E-state index in [2.05, 4.69) is 10.0 Å². The molecule has 224 valence electrons. The van der Waals surface area contributed by atoms with Crippen LogP contribution in [-0.4, -0.2) is 74.2 Å². The van der Waals surface area contributed by atoms with Gasteiger partial charge in [-0.1, -0.05) is 36.7 Å². The molecule has 1 heterocycles. The van der Waals surface area contributed by atoms with Gasteiger partial charge in [-0.3, -0.25) is 9.52 Å². The topological polar surface area (TPSA) is 128 Å². The van der Waals surface area contributed by atoms with Crippen LogP contribution in [0.1, 0.15) is 19.4 Å². The summed E-state index contributed by atoms with van der Waals surface area (Å²) in [5.74, 6) is -0.0456. The number of hydrogen-bond acceptors (Lipinski definition) is 6. The van der Waals surface area contributed by atoms with Crippen molar-refractivity contribution < 1.29 is 27.9 Å². The minimum atomic E-state index is -3.92. The van der Waals surface area contributed by atoms with Crippen molar-refractivity contribution in [3.63, 3.8) is 0 Å². The number of amides is 3. The van der Waals surface area contributed by atoms with Crippen molar-refractivity contribution in [3.05, 3.63) is 83.4 Å². The highest BCUT2D eigenvalue weighted by Gasteiger charge is 2.32. The van der Waals surface area contributed by atoms with E-state index in [4.69, 9.17) is 16.3 Å². The smallest absolute Gasteiger partial charge is 0.321 e. The van der Waals surface area contributed by atoms with Crippen LogP contribution < -0.4 is 14.8 Å². The first-order valence-electron chi connectivity index (χ1n) is 13.5. The monoisotopic (exact) mass is 614 g/mol. The second-order valence-corrected chi connectivity index (χ2v) is 12.6. The lowest BCUT2D eigenvalue weighted by Crippen LogP contribution is -2.48. The van der Waals surface area contributed by atoms with Gasteiger partial charge in [-0.15, -0.1) is 0 Å². The Morgan fingerprint density at radius 1 is 1.12 bits per heavy atom. The van der Waals surface area contributed by atoms with E-state index in [0.717, 1.165) is 0 Å². The Hall–Kier alpha value is -3.80. The first-order valence-corrected chi connectivity index (χ1v) is 15.4. The lowest BCUT2D eigenvalue weighted by atomic mass is 10.0. The molecule has 10 nitrogen and oxygen atoms in total. The second-order valence-electron chi connectivity index (χ2n) is 10.4. The molecule has 42 heavy (non-hydrogen) atoms. The van der Waals surface area contributed by atoms with Crippen molar-refractivity contribution in [1.29, 1.82) is 0 Å². The molecule has 12 heteroatoms. The van der Waals surface area contributed by atoms with E-state index in [1.807, 2.05) is 25.1 Å². The Bertz CT molecular complexity index is 1500. The van der Waals surface area contributed by atoms with Crippen molar-refractivity contribution in [3.8, 4) is 5.75 Å². The molecule has 0 fully saturated rings. The van der Waals surface area contributed by atoms with Gasteiger partial charge in [0.05, 0.1) is 30.5 Å². The van der Waals surface area contributed by atoms with Gasteiger partial charge in [0.25, 0.3) is 10.0 Å². The summed E-state index contributed by atoms with van der Waals surface area (Å²) in [5.41, 5.74) is 1.39. The van der Waals surface area contributed by atoms with Crippen LogP contribution in [0.4, 0.5) is 16.2 Å². The first kappa shape index (κ1) is 31.1. The number of urea groups is 1. The summed E-state index contributed by atoms with van der Waals surface area (Å²) in [6.07, 6.45) is -0.592. The average Bonchev–Trinajstić information content (AvgIpc) is 3.00. The summed E-state index contributed by atoms with van der Waals surface area (Å²) in [5, 5.41) is 13.1. The normalized spacial score (nSPS) is 18.0. The number of para-hydroxylation sites is 1. The number of nitrogens with one attached hydrogen (secondary N) is 2. The quantitative estimate of drug-likeness (QED) is 0.344. The third kappa shape index (κ3) is 7.72. The molecule has 0 saturated carbocycles. The Labute approximate surface area is 251 Å². The van der Waals surface area contributed by atoms with E-state index in [0.29, 0.717) is 28.6 Å². The number of aliphatic hydroxyl groups is 1. The number of nitrogens with zero attached hydrogens (tertiary/aromatic N) is 2. The highest BCUT2D eigenvalue weighted by Crippen LogP contribution is 2.30. The molecule has 1 aliphatic rings. The molecule has 0 spiro atoms. The molecule has 3 amide bonds. The predicted molar refractivity (Wildman–Crippen MR) is 162 cm³/mol. The van der Waals surface area contributed by atoms with Gasteiger partial charge >= 0.3 is 6.03 Å². The second kappa shape index (κ2) is 13.5. The van der Waals surface area contributed by atoms with E-state index in [1.54, 1.807) is 49.2 Å². The number of fused-ring (bicyclic) bond motifs is 1. The maximum Gasteiger partial charge on any atom is 0.321 e. The zero-order chi connectivity index (χ0) is 30.4. The fourth-order valence-electron chi connectivity index (χ4n) is 4.63. The van der Waals surface area contributed by atoms with E-state index < -0.39 is 22.2 Å². The molecule has 0 aromatic heterocycles. The number of hydrogen-bond donors (Lipinski definition) is 3. The molecular formula is C30H35ClN4O6S. The molecule has 3 aromatic rings. The van der Waals surface area contributed by atoms with Crippen molar-refractivity contribution >= 4 is 44.9 Å². The molecule has 0 bridgehead atoms. The fourth-order valence-corrected chi connectivity index (χ4v) is 5.81. The number of sulfonamides is 1. The third-order valence-corrected chi connectivity index (χ3v) is 8.77. The summed E-state index contributed by atoms with van der Waals surface area (Å²) in [6.45, 7) is 3.97. The molecule has 0 aliphatic carbocycles. The van der Waals surface area contributed by atoms with Crippen molar-refractivity contribution in [1.82, 2.24) is 9.80 Å². The van der Waals surface area contributed by atoms with E-state index in [9.17, 15) is 23.1 Å². The number of rotatable bonds is 8. The lowest BCUT2D eigenvalue weighted by Gasteiger charge is -2.34. The summed E-state index contributed by atoms with van der Waals surface area (Å²) in [4.78, 5) is 29.5. The Morgan fingerprint density at radius 2 is 1.81 bits per heavy atom. The Morgan fingerprint density at radius 3 is 2.48 bits per heavy atom. The number of likely N-dealkylation sites (N-methyl/N-ethyl adjacent to an activating group) is 1. The molecule has 0 unspecified atom stereocenters. The van der Waals surface area contributed by atoms with Gasteiger partial charge in [0, 0.05) is 41.5 Å². The summed E-state index contributed by atoms with van der Waals surface area (Å²) >= 11 is 5.90. The van der Waals surface area contributed by atoms with Crippen LogP contribution >= 0.6 is 11.6 Å². The highest BCUT2D eigenvalue weighted by molar-refractivity contribution is 7.92. The number of carbonyl (C=O) groups excluding carboxylic acids is 2. The number of ether oxygens (including phenoxy) is 1. The zero-order valence-corrected chi connectivity index (χ0v) is 25.2. The van der Waals surface area contributed by atoms with E-state index >= 15 is 0 Å². The number of benzene rings is 3. The standard InChI is InChI=1S/C30H35ClN4O6S/c1-20-17-35(21(2)19-36)29(37)16-22-15-25(33-42(39,40)26-12-9-23(31)10-13-26)11-14-27(22)41-28(20)18-34(3)30(38)32-24-7-5-4-6-8-24/h4-15,20-21,28,33,36H,16-19H2,1-3H3,(H,32,38)/t20-,21-,28-/m0/s1. The predicted octanol–water partition coefficient (Wildman–Crippen LogP) is 4.45. The van der Waals surface area contributed by atoms with Gasteiger partial charge in [0.1, 0.15) is 11.9 Å². The Balaban J connectivity index is 1.62. The molecule has 3 aromatic carbocycles. The van der Waals surface area contributed by atoms with Gasteiger partial charge in [-0.05, 0) is 61.5 Å². The molecule has 0 radical (unpaired) electrons.